The molecule has 1 aromatic rings. The van der Waals surface area contributed by atoms with E-state index in [1.807, 2.05) is 0 Å². The molecule has 21 heavy (non-hydrogen) atoms. The number of piperidine rings is 1. The average molecular weight is 286 g/mol. The van der Waals surface area contributed by atoms with Crippen molar-refractivity contribution in [1.82, 2.24) is 10.6 Å². The van der Waals surface area contributed by atoms with Crippen LogP contribution in [0.2, 0.25) is 0 Å². The van der Waals surface area contributed by atoms with Crippen LogP contribution in [0.1, 0.15) is 56.6 Å². The molecule has 1 heterocycles. The quantitative estimate of drug-likeness (QED) is 0.863. The maximum Gasteiger partial charge on any atom is 0.0208 e. The second-order valence-electron chi connectivity index (χ2n) is 6.81. The number of rotatable bonds is 5. The monoisotopic (exact) mass is 286 g/mol. The van der Waals surface area contributed by atoms with Crippen molar-refractivity contribution in [2.75, 3.05) is 6.54 Å². The minimum Gasteiger partial charge on any atom is -0.314 e. The molecule has 1 aliphatic heterocycles. The summed E-state index contributed by atoms with van der Waals surface area (Å²) in [5.41, 5.74) is 2.86. The Morgan fingerprint density at radius 1 is 1.00 bits per heavy atom. The van der Waals surface area contributed by atoms with Crippen LogP contribution in [-0.2, 0) is 13.0 Å². The molecule has 3 unspecified atom stereocenters. The molecule has 1 saturated carbocycles. The summed E-state index contributed by atoms with van der Waals surface area (Å²) in [6.45, 7) is 4.47. The Labute approximate surface area is 129 Å². The molecule has 2 fully saturated rings. The number of benzene rings is 1. The van der Waals surface area contributed by atoms with Crippen molar-refractivity contribution in [2.24, 2.45) is 5.92 Å². The number of aryl methyl sites for hydroxylation is 1. The highest BCUT2D eigenvalue weighted by molar-refractivity contribution is 5.22. The lowest BCUT2D eigenvalue weighted by atomic mass is 9.88. The first-order valence-corrected chi connectivity index (χ1v) is 8.91. The minimum atomic E-state index is 0.714. The average Bonchev–Trinajstić information content (AvgIpc) is 3.03. The molecule has 0 aromatic heterocycles. The van der Waals surface area contributed by atoms with E-state index in [4.69, 9.17) is 0 Å². The van der Waals surface area contributed by atoms with E-state index in [-0.39, 0.29) is 0 Å². The first kappa shape index (κ1) is 15.1. The van der Waals surface area contributed by atoms with Crippen molar-refractivity contribution < 1.29 is 0 Å². The van der Waals surface area contributed by atoms with Gasteiger partial charge in [-0.3, -0.25) is 0 Å². The van der Waals surface area contributed by atoms with Gasteiger partial charge in [0.15, 0.2) is 0 Å². The standard InChI is InChI=1S/C19H30N2/c1-2-15-9-11-16(12-10-15)14-21-19-8-5-6-17(19)18-7-3-4-13-20-18/h9-12,17-21H,2-8,13-14H2,1H3. The third-order valence-electron chi connectivity index (χ3n) is 5.43. The lowest BCUT2D eigenvalue weighted by Crippen LogP contribution is -2.46. The van der Waals surface area contributed by atoms with Gasteiger partial charge in [-0.25, -0.2) is 0 Å². The third-order valence-corrected chi connectivity index (χ3v) is 5.43. The van der Waals surface area contributed by atoms with Gasteiger partial charge in [0.25, 0.3) is 0 Å². The Bertz CT molecular complexity index is 420. The highest BCUT2D eigenvalue weighted by Gasteiger charge is 2.33. The third kappa shape index (κ3) is 3.87. The van der Waals surface area contributed by atoms with Crippen LogP contribution in [0.15, 0.2) is 24.3 Å². The largest absolute Gasteiger partial charge is 0.314 e. The molecule has 3 atom stereocenters. The first-order chi connectivity index (χ1) is 10.4. The molecule has 2 heteroatoms. The van der Waals surface area contributed by atoms with Crippen LogP contribution in [0.5, 0.6) is 0 Å². The molecule has 3 rings (SSSR count). The predicted molar refractivity (Wildman–Crippen MR) is 89.4 cm³/mol. The van der Waals surface area contributed by atoms with Gasteiger partial charge in [-0.1, -0.05) is 44.0 Å². The summed E-state index contributed by atoms with van der Waals surface area (Å²) in [6.07, 6.45) is 9.46. The number of hydrogen-bond donors (Lipinski definition) is 2. The lowest BCUT2D eigenvalue weighted by molar-refractivity contribution is 0.257. The van der Waals surface area contributed by atoms with Gasteiger partial charge in [-0.15, -0.1) is 0 Å². The molecule has 2 N–H and O–H groups in total. The fourth-order valence-electron chi connectivity index (χ4n) is 4.11. The van der Waals surface area contributed by atoms with Crippen molar-refractivity contribution in [3.63, 3.8) is 0 Å². The summed E-state index contributed by atoms with van der Waals surface area (Å²) in [7, 11) is 0. The van der Waals surface area contributed by atoms with Gasteiger partial charge in [0.2, 0.25) is 0 Å². The van der Waals surface area contributed by atoms with Gasteiger partial charge in [-0.2, -0.15) is 0 Å². The first-order valence-electron chi connectivity index (χ1n) is 8.91. The van der Waals surface area contributed by atoms with Crippen LogP contribution in [0.3, 0.4) is 0 Å². The molecule has 2 nitrogen and oxygen atoms in total. The zero-order valence-electron chi connectivity index (χ0n) is 13.4. The van der Waals surface area contributed by atoms with E-state index in [1.54, 1.807) is 0 Å². The highest BCUT2D eigenvalue weighted by Crippen LogP contribution is 2.31. The summed E-state index contributed by atoms with van der Waals surface area (Å²) in [6, 6.07) is 10.6. The van der Waals surface area contributed by atoms with Crippen LogP contribution < -0.4 is 10.6 Å². The number of hydrogen-bond acceptors (Lipinski definition) is 2. The smallest absolute Gasteiger partial charge is 0.0208 e. The van der Waals surface area contributed by atoms with Gasteiger partial charge in [0, 0.05) is 18.6 Å². The van der Waals surface area contributed by atoms with Gasteiger partial charge >= 0.3 is 0 Å². The fourth-order valence-corrected chi connectivity index (χ4v) is 4.11. The van der Waals surface area contributed by atoms with Gasteiger partial charge in [0.1, 0.15) is 0 Å². The Morgan fingerprint density at radius 2 is 1.81 bits per heavy atom. The zero-order chi connectivity index (χ0) is 14.5. The summed E-state index contributed by atoms with van der Waals surface area (Å²) in [5.74, 6) is 0.847. The Balaban J connectivity index is 1.53. The van der Waals surface area contributed by atoms with Crippen molar-refractivity contribution >= 4 is 0 Å². The van der Waals surface area contributed by atoms with E-state index in [0.717, 1.165) is 24.9 Å². The topological polar surface area (TPSA) is 24.1 Å². The van der Waals surface area contributed by atoms with Crippen molar-refractivity contribution in [3.05, 3.63) is 35.4 Å². The van der Waals surface area contributed by atoms with E-state index in [9.17, 15) is 0 Å². The van der Waals surface area contributed by atoms with E-state index < -0.39 is 0 Å². The fraction of sp³-hybridized carbons (Fsp3) is 0.684. The van der Waals surface area contributed by atoms with Crippen molar-refractivity contribution in [2.45, 2.75) is 70.5 Å². The molecule has 116 valence electrons. The minimum absolute atomic E-state index is 0.714. The molecule has 0 spiro atoms. The SMILES string of the molecule is CCc1ccc(CNC2CCCC2C2CCCCN2)cc1. The summed E-state index contributed by atoms with van der Waals surface area (Å²) < 4.78 is 0. The molecule has 0 radical (unpaired) electrons. The van der Waals surface area contributed by atoms with Crippen LogP contribution in [0.4, 0.5) is 0 Å². The van der Waals surface area contributed by atoms with Gasteiger partial charge in [0.05, 0.1) is 0 Å². The molecule has 0 bridgehead atoms. The van der Waals surface area contributed by atoms with E-state index in [2.05, 4.69) is 41.8 Å². The van der Waals surface area contributed by atoms with Crippen LogP contribution in [-0.4, -0.2) is 18.6 Å². The van der Waals surface area contributed by atoms with Crippen molar-refractivity contribution in [3.8, 4) is 0 Å². The van der Waals surface area contributed by atoms with E-state index >= 15 is 0 Å². The molecular formula is C19H30N2. The summed E-state index contributed by atoms with van der Waals surface area (Å²) in [4.78, 5) is 0. The normalized spacial score (nSPS) is 29.7. The lowest BCUT2D eigenvalue weighted by Gasteiger charge is -2.33. The Hall–Kier alpha value is -0.860. The summed E-state index contributed by atoms with van der Waals surface area (Å²) >= 11 is 0. The van der Waals surface area contributed by atoms with Crippen LogP contribution >= 0.6 is 0 Å². The van der Waals surface area contributed by atoms with Crippen molar-refractivity contribution in [1.29, 1.82) is 0 Å². The maximum atomic E-state index is 3.84. The number of nitrogens with one attached hydrogen (secondary N) is 2. The molecule has 0 amide bonds. The summed E-state index contributed by atoms with van der Waals surface area (Å²) in [5, 5.41) is 7.61. The molecule has 1 aromatic carbocycles. The van der Waals surface area contributed by atoms with E-state index in [0.29, 0.717) is 6.04 Å². The van der Waals surface area contributed by atoms with Crippen LogP contribution in [0, 0.1) is 5.92 Å². The molecule has 1 aliphatic carbocycles. The Kier molecular flexibility index (Phi) is 5.32. The second kappa shape index (κ2) is 7.42. The maximum absolute atomic E-state index is 3.84. The molecule has 1 saturated heterocycles. The zero-order valence-corrected chi connectivity index (χ0v) is 13.4. The Morgan fingerprint density at radius 3 is 2.52 bits per heavy atom. The molecule has 2 aliphatic rings. The highest BCUT2D eigenvalue weighted by atomic mass is 15.0. The van der Waals surface area contributed by atoms with E-state index in [1.165, 1.54) is 56.2 Å². The van der Waals surface area contributed by atoms with Gasteiger partial charge in [-0.05, 0) is 55.7 Å². The second-order valence-corrected chi connectivity index (χ2v) is 6.81. The van der Waals surface area contributed by atoms with Crippen LogP contribution in [0.25, 0.3) is 0 Å². The molecular weight excluding hydrogens is 256 g/mol. The predicted octanol–water partition coefficient (Wildman–Crippen LogP) is 3.65. The van der Waals surface area contributed by atoms with Gasteiger partial charge < -0.3 is 10.6 Å².